The third-order valence-electron chi connectivity index (χ3n) is 3.73. The average molecular weight is 283 g/mol. The Labute approximate surface area is 122 Å². The predicted molar refractivity (Wildman–Crippen MR) is 81.5 cm³/mol. The fourth-order valence-electron chi connectivity index (χ4n) is 2.61. The van der Waals surface area contributed by atoms with Gasteiger partial charge in [-0.05, 0) is 36.2 Å². The van der Waals surface area contributed by atoms with Crippen molar-refractivity contribution in [2.45, 2.75) is 13.0 Å². The molecule has 1 aromatic carbocycles. The van der Waals surface area contributed by atoms with Crippen LogP contribution in [0.5, 0.6) is 0 Å². The standard InChI is InChI=1S/C16H17N3O2/c1-19-10-12(5-6-15(19)20)18-16(21)14-4-2-3-11-9-17-8-7-13(11)14/h2-6,10,17H,7-9H2,1H3,(H,18,21). The van der Waals surface area contributed by atoms with E-state index in [0.717, 1.165) is 25.1 Å². The molecule has 0 saturated carbocycles. The molecule has 0 unspecified atom stereocenters. The highest BCUT2D eigenvalue weighted by molar-refractivity contribution is 6.05. The lowest BCUT2D eigenvalue weighted by Crippen LogP contribution is -2.26. The third-order valence-corrected chi connectivity index (χ3v) is 3.73. The molecule has 0 fully saturated rings. The number of rotatable bonds is 2. The molecule has 1 amide bonds. The number of nitrogens with zero attached hydrogens (tertiary/aromatic N) is 1. The SMILES string of the molecule is Cn1cc(NC(=O)c2cccc3c2CCNC3)ccc1=O. The Balaban J connectivity index is 1.89. The van der Waals surface area contributed by atoms with Crippen LogP contribution in [0.4, 0.5) is 5.69 Å². The highest BCUT2D eigenvalue weighted by Crippen LogP contribution is 2.19. The van der Waals surface area contributed by atoms with Gasteiger partial charge in [-0.2, -0.15) is 0 Å². The second-order valence-electron chi connectivity index (χ2n) is 5.19. The molecular weight excluding hydrogens is 266 g/mol. The van der Waals surface area contributed by atoms with E-state index in [1.165, 1.54) is 16.2 Å². The van der Waals surface area contributed by atoms with Gasteiger partial charge in [0.15, 0.2) is 0 Å². The van der Waals surface area contributed by atoms with Crippen LogP contribution in [0.3, 0.4) is 0 Å². The molecular formula is C16H17N3O2. The van der Waals surface area contributed by atoms with Gasteiger partial charge >= 0.3 is 0 Å². The number of hydrogen-bond donors (Lipinski definition) is 2. The van der Waals surface area contributed by atoms with Crippen LogP contribution in [0.15, 0.2) is 41.3 Å². The topological polar surface area (TPSA) is 63.1 Å². The van der Waals surface area contributed by atoms with Crippen LogP contribution >= 0.6 is 0 Å². The average Bonchev–Trinajstić information content (AvgIpc) is 2.50. The van der Waals surface area contributed by atoms with Gasteiger partial charge in [-0.15, -0.1) is 0 Å². The number of aromatic nitrogens is 1. The van der Waals surface area contributed by atoms with E-state index < -0.39 is 0 Å². The lowest BCUT2D eigenvalue weighted by Gasteiger charge is -2.20. The molecule has 2 aromatic rings. The molecule has 0 atom stereocenters. The maximum Gasteiger partial charge on any atom is 0.255 e. The maximum atomic E-state index is 12.5. The van der Waals surface area contributed by atoms with Crippen LogP contribution < -0.4 is 16.2 Å². The molecule has 0 saturated heterocycles. The first-order chi connectivity index (χ1) is 10.1. The number of carbonyl (C=O) groups excluding carboxylic acids is 1. The first-order valence-electron chi connectivity index (χ1n) is 6.94. The summed E-state index contributed by atoms with van der Waals surface area (Å²) in [5.74, 6) is -0.132. The zero-order valence-corrected chi connectivity index (χ0v) is 11.8. The fourth-order valence-corrected chi connectivity index (χ4v) is 2.61. The van der Waals surface area contributed by atoms with Gasteiger partial charge in [0.05, 0.1) is 5.69 Å². The largest absolute Gasteiger partial charge is 0.321 e. The molecule has 5 heteroatoms. The van der Waals surface area contributed by atoms with Crippen LogP contribution in [0, 0.1) is 0 Å². The summed E-state index contributed by atoms with van der Waals surface area (Å²) in [6.45, 7) is 1.69. The molecule has 0 bridgehead atoms. The van der Waals surface area contributed by atoms with Crippen LogP contribution in [0.2, 0.25) is 0 Å². The number of pyridine rings is 1. The predicted octanol–water partition coefficient (Wildman–Crippen LogP) is 1.28. The van der Waals surface area contributed by atoms with E-state index in [4.69, 9.17) is 0 Å². The zero-order valence-electron chi connectivity index (χ0n) is 11.8. The quantitative estimate of drug-likeness (QED) is 0.873. The molecule has 21 heavy (non-hydrogen) atoms. The van der Waals surface area contributed by atoms with Crippen molar-refractivity contribution in [2.75, 3.05) is 11.9 Å². The van der Waals surface area contributed by atoms with Crippen molar-refractivity contribution in [1.82, 2.24) is 9.88 Å². The van der Waals surface area contributed by atoms with Crippen molar-refractivity contribution >= 4 is 11.6 Å². The van der Waals surface area contributed by atoms with Crippen LogP contribution in [-0.2, 0) is 20.0 Å². The van der Waals surface area contributed by atoms with Crippen molar-refractivity contribution in [3.05, 3.63) is 63.6 Å². The van der Waals surface area contributed by atoms with E-state index >= 15 is 0 Å². The number of amides is 1. The van der Waals surface area contributed by atoms with E-state index in [-0.39, 0.29) is 11.5 Å². The maximum absolute atomic E-state index is 12.5. The number of hydrogen-bond acceptors (Lipinski definition) is 3. The van der Waals surface area contributed by atoms with Crippen molar-refractivity contribution in [3.8, 4) is 0 Å². The molecule has 0 spiro atoms. The molecule has 3 rings (SSSR count). The molecule has 1 aliphatic rings. The number of carbonyl (C=O) groups is 1. The first-order valence-corrected chi connectivity index (χ1v) is 6.94. The minimum atomic E-state index is -0.132. The van der Waals surface area contributed by atoms with Gasteiger partial charge in [0.2, 0.25) is 5.56 Å². The Hall–Kier alpha value is -2.40. The summed E-state index contributed by atoms with van der Waals surface area (Å²) in [7, 11) is 1.66. The van der Waals surface area contributed by atoms with Crippen molar-refractivity contribution in [3.63, 3.8) is 0 Å². The molecule has 2 heterocycles. The van der Waals surface area contributed by atoms with Gasteiger partial charge in [-0.25, -0.2) is 0 Å². The second kappa shape index (κ2) is 5.54. The number of nitrogens with one attached hydrogen (secondary N) is 2. The van der Waals surface area contributed by atoms with Crippen LogP contribution in [0.25, 0.3) is 0 Å². The number of anilines is 1. The van der Waals surface area contributed by atoms with E-state index in [1.54, 1.807) is 19.3 Å². The summed E-state index contributed by atoms with van der Waals surface area (Å²) >= 11 is 0. The highest BCUT2D eigenvalue weighted by atomic mass is 16.1. The molecule has 1 aliphatic heterocycles. The third kappa shape index (κ3) is 2.73. The summed E-state index contributed by atoms with van der Waals surface area (Å²) in [5.41, 5.74) is 3.51. The summed E-state index contributed by atoms with van der Waals surface area (Å²) in [6.07, 6.45) is 2.48. The summed E-state index contributed by atoms with van der Waals surface area (Å²) < 4.78 is 1.44. The van der Waals surface area contributed by atoms with E-state index in [2.05, 4.69) is 10.6 Å². The van der Waals surface area contributed by atoms with E-state index in [9.17, 15) is 9.59 Å². The Morgan fingerprint density at radius 1 is 1.29 bits per heavy atom. The molecule has 0 radical (unpaired) electrons. The van der Waals surface area contributed by atoms with Crippen molar-refractivity contribution < 1.29 is 4.79 Å². The van der Waals surface area contributed by atoms with Crippen LogP contribution in [0.1, 0.15) is 21.5 Å². The summed E-state index contributed by atoms with van der Waals surface area (Å²) in [6, 6.07) is 8.87. The monoisotopic (exact) mass is 283 g/mol. The molecule has 1 aromatic heterocycles. The molecule has 5 nitrogen and oxygen atoms in total. The van der Waals surface area contributed by atoms with Gasteiger partial charge in [-0.3, -0.25) is 9.59 Å². The highest BCUT2D eigenvalue weighted by Gasteiger charge is 2.17. The smallest absolute Gasteiger partial charge is 0.255 e. The van der Waals surface area contributed by atoms with Gasteiger partial charge in [0, 0.05) is 31.4 Å². The lowest BCUT2D eigenvalue weighted by molar-refractivity contribution is 0.102. The molecule has 108 valence electrons. The van der Waals surface area contributed by atoms with Gasteiger partial charge in [0.1, 0.15) is 0 Å². The zero-order chi connectivity index (χ0) is 14.8. The Morgan fingerprint density at radius 2 is 2.14 bits per heavy atom. The number of fused-ring (bicyclic) bond motifs is 1. The van der Waals surface area contributed by atoms with Gasteiger partial charge in [0.25, 0.3) is 5.91 Å². The van der Waals surface area contributed by atoms with E-state index in [1.807, 2.05) is 18.2 Å². The van der Waals surface area contributed by atoms with Gasteiger partial charge in [-0.1, -0.05) is 12.1 Å². The normalized spacial score (nSPS) is 13.6. The summed E-state index contributed by atoms with van der Waals surface area (Å²) in [5, 5.41) is 6.16. The molecule has 2 N–H and O–H groups in total. The van der Waals surface area contributed by atoms with Gasteiger partial charge < -0.3 is 15.2 Å². The Morgan fingerprint density at radius 3 is 2.95 bits per heavy atom. The van der Waals surface area contributed by atoms with Crippen molar-refractivity contribution in [1.29, 1.82) is 0 Å². The number of aryl methyl sites for hydroxylation is 1. The minimum absolute atomic E-state index is 0.101. The Kier molecular flexibility index (Phi) is 3.58. The number of benzene rings is 1. The first kappa shape index (κ1) is 13.6. The summed E-state index contributed by atoms with van der Waals surface area (Å²) in [4.78, 5) is 23.8. The van der Waals surface area contributed by atoms with Crippen LogP contribution in [-0.4, -0.2) is 17.0 Å². The lowest BCUT2D eigenvalue weighted by atomic mass is 9.95. The van der Waals surface area contributed by atoms with E-state index in [0.29, 0.717) is 11.3 Å². The minimum Gasteiger partial charge on any atom is -0.321 e. The van der Waals surface area contributed by atoms with Crippen molar-refractivity contribution in [2.24, 2.45) is 7.05 Å². The fraction of sp³-hybridized carbons (Fsp3) is 0.250. The molecule has 0 aliphatic carbocycles. The Bertz CT molecular complexity index is 749. The second-order valence-corrected chi connectivity index (χ2v) is 5.19.